The molecule has 0 saturated heterocycles. The van der Waals surface area contributed by atoms with Gasteiger partial charge in [0.2, 0.25) is 0 Å². The number of allylic oxidation sites excluding steroid dienone is 5. The van der Waals surface area contributed by atoms with E-state index in [9.17, 15) is 9.59 Å². The molecule has 0 aliphatic carbocycles. The number of hydrogen-bond donors (Lipinski definition) is 2. The smallest absolute Gasteiger partial charge is 0.307 e. The second-order valence-corrected chi connectivity index (χ2v) is 9.07. The van der Waals surface area contributed by atoms with Gasteiger partial charge in [-0.25, -0.2) is 0 Å². The first-order valence-corrected chi connectivity index (χ1v) is 11.5. The summed E-state index contributed by atoms with van der Waals surface area (Å²) in [6.07, 6.45) is 19.6. The van der Waals surface area contributed by atoms with Gasteiger partial charge in [0, 0.05) is 6.42 Å². The number of carboxylic acid groups (broad SMARTS) is 1. The third-order valence-electron chi connectivity index (χ3n) is 4.50. The number of rotatable bonds is 18. The highest BCUT2D eigenvalue weighted by molar-refractivity contribution is 5.71. The average molecular weight is 439 g/mol. The molecule has 178 valence electrons. The Morgan fingerprint density at radius 3 is 2.10 bits per heavy atom. The molecule has 2 atom stereocenters. The SMILES string of the molecule is CC(O)/C=C/C/C=C/C/C=C/CCCCCCCC(=O)OC(CC(=O)O)C[N+](C)(C)C. The van der Waals surface area contributed by atoms with E-state index < -0.39 is 12.1 Å². The maximum atomic E-state index is 12.0. The molecule has 6 nitrogen and oxygen atoms in total. The van der Waals surface area contributed by atoms with Gasteiger partial charge in [-0.3, -0.25) is 9.59 Å². The highest BCUT2D eigenvalue weighted by Gasteiger charge is 2.24. The van der Waals surface area contributed by atoms with Gasteiger partial charge in [0.25, 0.3) is 0 Å². The van der Waals surface area contributed by atoms with Gasteiger partial charge in [0.15, 0.2) is 6.10 Å². The lowest BCUT2D eigenvalue weighted by Gasteiger charge is -2.28. The molecule has 2 N–H and O–H groups in total. The number of aliphatic hydroxyl groups is 1. The number of unbranched alkanes of at least 4 members (excludes halogenated alkanes) is 5. The minimum absolute atomic E-state index is 0.148. The fourth-order valence-corrected chi connectivity index (χ4v) is 3.09. The molecule has 0 aliphatic heterocycles. The van der Waals surface area contributed by atoms with Crippen LogP contribution in [0.1, 0.15) is 71.1 Å². The summed E-state index contributed by atoms with van der Waals surface area (Å²) in [5.41, 5.74) is 0. The monoisotopic (exact) mass is 438 g/mol. The van der Waals surface area contributed by atoms with Gasteiger partial charge in [0.05, 0.1) is 33.7 Å². The van der Waals surface area contributed by atoms with Crippen molar-refractivity contribution < 1.29 is 29.0 Å². The molecule has 6 heteroatoms. The van der Waals surface area contributed by atoms with Crippen LogP contribution in [-0.2, 0) is 14.3 Å². The number of nitrogens with zero attached hydrogens (tertiary/aromatic N) is 1. The minimum atomic E-state index is -0.943. The molecule has 0 rings (SSSR count). The van der Waals surface area contributed by atoms with Gasteiger partial charge in [-0.05, 0) is 39.0 Å². The number of likely N-dealkylation sites (N-methyl/N-ethyl adjacent to an activating group) is 1. The van der Waals surface area contributed by atoms with Crippen LogP contribution in [0.2, 0.25) is 0 Å². The van der Waals surface area contributed by atoms with Crippen LogP contribution in [0.15, 0.2) is 36.5 Å². The molecule has 0 heterocycles. The molecule has 0 aromatic carbocycles. The lowest BCUT2D eigenvalue weighted by Crippen LogP contribution is -2.43. The van der Waals surface area contributed by atoms with Crippen molar-refractivity contribution in [3.8, 4) is 0 Å². The van der Waals surface area contributed by atoms with Crippen LogP contribution in [0.25, 0.3) is 0 Å². The number of ether oxygens (including phenoxy) is 1. The zero-order valence-electron chi connectivity index (χ0n) is 20.0. The Labute approximate surface area is 188 Å². The Morgan fingerprint density at radius 1 is 0.903 bits per heavy atom. The second kappa shape index (κ2) is 17.7. The van der Waals surface area contributed by atoms with Crippen molar-refractivity contribution in [1.29, 1.82) is 0 Å². The van der Waals surface area contributed by atoms with E-state index in [1.165, 1.54) is 0 Å². The Bertz CT molecular complexity index is 573. The molecule has 0 fully saturated rings. The normalized spacial score (nSPS) is 14.5. The van der Waals surface area contributed by atoms with Crippen LogP contribution in [0.3, 0.4) is 0 Å². The maximum absolute atomic E-state index is 12.0. The van der Waals surface area contributed by atoms with E-state index in [1.807, 2.05) is 27.2 Å². The average Bonchev–Trinajstić information content (AvgIpc) is 2.62. The van der Waals surface area contributed by atoms with Crippen molar-refractivity contribution in [3.05, 3.63) is 36.5 Å². The second-order valence-electron chi connectivity index (χ2n) is 9.07. The zero-order chi connectivity index (χ0) is 23.5. The van der Waals surface area contributed by atoms with Crippen LogP contribution in [0, 0.1) is 0 Å². The van der Waals surface area contributed by atoms with Crippen LogP contribution in [0.5, 0.6) is 0 Å². The van der Waals surface area contributed by atoms with Crippen molar-refractivity contribution in [2.75, 3.05) is 27.7 Å². The summed E-state index contributed by atoms with van der Waals surface area (Å²) in [7, 11) is 5.86. The molecule has 0 saturated carbocycles. The third kappa shape index (κ3) is 22.6. The first-order valence-electron chi connectivity index (χ1n) is 11.5. The number of hydrogen-bond acceptors (Lipinski definition) is 4. The summed E-state index contributed by atoms with van der Waals surface area (Å²) in [6.45, 7) is 2.23. The quantitative estimate of drug-likeness (QED) is 0.141. The molecule has 0 radical (unpaired) electrons. The van der Waals surface area contributed by atoms with E-state index in [2.05, 4.69) is 24.3 Å². The standard InChI is InChI=1S/C25H43NO5/c1-22(27)18-16-14-12-10-8-6-5-7-9-11-13-15-17-19-25(30)31-23(20-24(28)29)21-26(2,3)4/h5-6,10,12,16,18,22-23,27H,7-9,11,13-15,17,19-21H2,1-4H3/p+1/b6-5+,12-10+,18-16+. The number of carbonyl (C=O) groups is 2. The lowest BCUT2D eigenvalue weighted by atomic mass is 10.1. The zero-order valence-corrected chi connectivity index (χ0v) is 20.0. The number of carbonyl (C=O) groups excluding carboxylic acids is 1. The van der Waals surface area contributed by atoms with Gasteiger partial charge in [-0.1, -0.05) is 55.7 Å². The van der Waals surface area contributed by atoms with Gasteiger partial charge in [-0.15, -0.1) is 0 Å². The van der Waals surface area contributed by atoms with Gasteiger partial charge in [-0.2, -0.15) is 0 Å². The Kier molecular flexibility index (Phi) is 16.6. The Hall–Kier alpha value is -1.92. The minimum Gasteiger partial charge on any atom is -0.481 e. The topological polar surface area (TPSA) is 83.8 Å². The van der Waals surface area contributed by atoms with Crippen LogP contribution in [0.4, 0.5) is 0 Å². The molecule has 0 amide bonds. The molecular formula is C25H44NO5+. The molecule has 31 heavy (non-hydrogen) atoms. The molecule has 0 aliphatic rings. The van der Waals surface area contributed by atoms with Crippen molar-refractivity contribution in [2.45, 2.75) is 83.3 Å². The number of aliphatic hydroxyl groups excluding tert-OH is 1. The predicted molar refractivity (Wildman–Crippen MR) is 126 cm³/mol. The van der Waals surface area contributed by atoms with E-state index >= 15 is 0 Å². The van der Waals surface area contributed by atoms with Crippen molar-refractivity contribution >= 4 is 11.9 Å². The van der Waals surface area contributed by atoms with Crippen LogP contribution in [-0.4, -0.2) is 66.5 Å². The molecule has 0 aromatic rings. The van der Waals surface area contributed by atoms with Crippen molar-refractivity contribution in [2.24, 2.45) is 0 Å². The first kappa shape index (κ1) is 29.1. The Morgan fingerprint density at radius 2 is 1.48 bits per heavy atom. The van der Waals surface area contributed by atoms with Gasteiger partial charge in [0.1, 0.15) is 6.54 Å². The first-order chi connectivity index (χ1) is 14.6. The highest BCUT2D eigenvalue weighted by atomic mass is 16.5. The van der Waals surface area contributed by atoms with Gasteiger partial charge >= 0.3 is 11.9 Å². The predicted octanol–water partition coefficient (Wildman–Crippen LogP) is 4.64. The van der Waals surface area contributed by atoms with Crippen molar-refractivity contribution in [3.63, 3.8) is 0 Å². The fourth-order valence-electron chi connectivity index (χ4n) is 3.09. The Balaban J connectivity index is 3.75. The highest BCUT2D eigenvalue weighted by Crippen LogP contribution is 2.11. The summed E-state index contributed by atoms with van der Waals surface area (Å²) < 4.78 is 5.95. The maximum Gasteiger partial charge on any atom is 0.307 e. The number of carboxylic acids is 1. The molecule has 2 unspecified atom stereocenters. The largest absolute Gasteiger partial charge is 0.481 e. The van der Waals surface area contributed by atoms with Crippen molar-refractivity contribution in [1.82, 2.24) is 0 Å². The summed E-state index contributed by atoms with van der Waals surface area (Å²) >= 11 is 0. The van der Waals surface area contributed by atoms with E-state index in [-0.39, 0.29) is 18.5 Å². The van der Waals surface area contributed by atoms with E-state index in [0.717, 1.165) is 51.4 Å². The third-order valence-corrected chi connectivity index (χ3v) is 4.50. The molecule has 0 aromatic heterocycles. The fraction of sp³-hybridized carbons (Fsp3) is 0.680. The summed E-state index contributed by atoms with van der Waals surface area (Å²) in [4.78, 5) is 23.0. The lowest BCUT2D eigenvalue weighted by molar-refractivity contribution is -0.873. The van der Waals surface area contributed by atoms with E-state index in [0.29, 0.717) is 17.4 Å². The van der Waals surface area contributed by atoms with Crippen LogP contribution >= 0.6 is 0 Å². The summed E-state index contributed by atoms with van der Waals surface area (Å²) in [5.74, 6) is -1.24. The number of quaternary nitrogens is 1. The summed E-state index contributed by atoms with van der Waals surface area (Å²) in [5, 5.41) is 18.1. The number of esters is 1. The van der Waals surface area contributed by atoms with E-state index in [1.54, 1.807) is 13.0 Å². The molecular weight excluding hydrogens is 394 g/mol. The summed E-state index contributed by atoms with van der Waals surface area (Å²) in [6, 6.07) is 0. The number of aliphatic carboxylic acids is 1. The van der Waals surface area contributed by atoms with E-state index in [4.69, 9.17) is 14.9 Å². The molecule has 0 spiro atoms. The molecule has 0 bridgehead atoms. The van der Waals surface area contributed by atoms with Gasteiger partial charge < -0.3 is 19.4 Å². The van der Waals surface area contributed by atoms with Crippen LogP contribution < -0.4 is 0 Å².